The first-order valence-electron chi connectivity index (χ1n) is 9.26. The molecule has 138 valence electrons. The van der Waals surface area contributed by atoms with Crippen molar-refractivity contribution in [3.63, 3.8) is 0 Å². The summed E-state index contributed by atoms with van der Waals surface area (Å²) in [5, 5.41) is 3.96. The summed E-state index contributed by atoms with van der Waals surface area (Å²) in [6, 6.07) is 8.29. The van der Waals surface area contributed by atoms with Crippen molar-refractivity contribution in [2.24, 2.45) is 11.3 Å². The van der Waals surface area contributed by atoms with E-state index in [0.29, 0.717) is 45.6 Å². The van der Waals surface area contributed by atoms with Crippen LogP contribution in [0.5, 0.6) is 0 Å². The smallest absolute Gasteiger partial charge is 0.228 e. The number of nitrogens with one attached hydrogen (secondary N) is 2. The Bertz CT molecular complexity index is 831. The highest BCUT2D eigenvalue weighted by Gasteiger charge is 2.54. The molecule has 0 saturated carbocycles. The molecule has 2 N–H and O–H groups in total. The Labute approximate surface area is 152 Å². The molecule has 0 bridgehead atoms. The molecule has 0 aliphatic carbocycles. The van der Waals surface area contributed by atoms with Crippen LogP contribution in [0.25, 0.3) is 10.9 Å². The summed E-state index contributed by atoms with van der Waals surface area (Å²) in [6.07, 6.45) is 3.79. The standard InChI is InChI=1S/C20H25N3O3/c1-21-19(25)20-7-9-26-12-16(20)11-23(13-20)18(24)5-3-14-2-4-17-15(10-14)6-8-22-17/h2,4,6,8,10,16,22H,3,5,7,9,11-13H2,1H3,(H,21,25)/t16-,20+/m1/s1. The molecule has 2 fully saturated rings. The van der Waals surface area contributed by atoms with Crippen LogP contribution in [0.4, 0.5) is 0 Å². The molecular formula is C20H25N3O3. The summed E-state index contributed by atoms with van der Waals surface area (Å²) in [4.78, 5) is 30.3. The zero-order valence-corrected chi connectivity index (χ0v) is 15.1. The molecule has 2 aliphatic rings. The van der Waals surface area contributed by atoms with Gasteiger partial charge >= 0.3 is 0 Å². The number of carbonyl (C=O) groups is 2. The quantitative estimate of drug-likeness (QED) is 0.877. The average Bonchev–Trinajstić information content (AvgIpc) is 3.29. The zero-order valence-electron chi connectivity index (χ0n) is 15.1. The van der Waals surface area contributed by atoms with Gasteiger partial charge in [-0.15, -0.1) is 0 Å². The van der Waals surface area contributed by atoms with E-state index in [1.165, 1.54) is 0 Å². The van der Waals surface area contributed by atoms with Crippen LogP contribution in [0.1, 0.15) is 18.4 Å². The first kappa shape index (κ1) is 17.1. The van der Waals surface area contributed by atoms with Crippen molar-refractivity contribution in [2.75, 3.05) is 33.4 Å². The van der Waals surface area contributed by atoms with E-state index >= 15 is 0 Å². The Morgan fingerprint density at radius 2 is 2.27 bits per heavy atom. The predicted molar refractivity (Wildman–Crippen MR) is 98.6 cm³/mol. The lowest BCUT2D eigenvalue weighted by Gasteiger charge is -2.36. The molecule has 2 aromatic rings. The fourth-order valence-electron chi connectivity index (χ4n) is 4.43. The largest absolute Gasteiger partial charge is 0.381 e. The number of aryl methyl sites for hydroxylation is 1. The zero-order chi connectivity index (χ0) is 18.1. The molecule has 3 heterocycles. The summed E-state index contributed by atoms with van der Waals surface area (Å²) >= 11 is 0. The van der Waals surface area contributed by atoms with Crippen LogP contribution < -0.4 is 5.32 Å². The maximum atomic E-state index is 12.8. The lowest BCUT2D eigenvalue weighted by molar-refractivity contribution is -0.139. The first-order chi connectivity index (χ1) is 12.6. The van der Waals surface area contributed by atoms with Gasteiger partial charge in [-0.2, -0.15) is 0 Å². The van der Waals surface area contributed by atoms with Crippen molar-refractivity contribution in [2.45, 2.75) is 19.3 Å². The number of nitrogens with zero attached hydrogens (tertiary/aromatic N) is 1. The van der Waals surface area contributed by atoms with Gasteiger partial charge in [0.1, 0.15) is 0 Å². The molecule has 26 heavy (non-hydrogen) atoms. The predicted octanol–water partition coefficient (Wildman–Crippen LogP) is 1.71. The van der Waals surface area contributed by atoms with Gasteiger partial charge < -0.3 is 19.9 Å². The van der Waals surface area contributed by atoms with E-state index in [1.54, 1.807) is 7.05 Å². The van der Waals surface area contributed by atoms with E-state index < -0.39 is 5.41 Å². The Kier molecular flexibility index (Phi) is 4.44. The fourth-order valence-corrected chi connectivity index (χ4v) is 4.43. The van der Waals surface area contributed by atoms with Crippen molar-refractivity contribution in [1.82, 2.24) is 15.2 Å². The second kappa shape index (κ2) is 6.76. The minimum atomic E-state index is -0.479. The molecule has 2 aliphatic heterocycles. The first-order valence-corrected chi connectivity index (χ1v) is 9.26. The number of aromatic amines is 1. The minimum absolute atomic E-state index is 0.0407. The number of aromatic nitrogens is 1. The third-order valence-electron chi connectivity index (χ3n) is 5.98. The summed E-state index contributed by atoms with van der Waals surface area (Å²) < 4.78 is 5.57. The molecule has 2 saturated heterocycles. The molecule has 2 amide bonds. The highest BCUT2D eigenvalue weighted by molar-refractivity contribution is 5.86. The third kappa shape index (κ3) is 2.88. The van der Waals surface area contributed by atoms with E-state index in [1.807, 2.05) is 17.2 Å². The van der Waals surface area contributed by atoms with Gasteiger partial charge in [-0.3, -0.25) is 9.59 Å². The van der Waals surface area contributed by atoms with Gasteiger partial charge in [0.05, 0.1) is 12.0 Å². The van der Waals surface area contributed by atoms with Gasteiger partial charge in [-0.05, 0) is 42.0 Å². The van der Waals surface area contributed by atoms with Crippen molar-refractivity contribution < 1.29 is 14.3 Å². The van der Waals surface area contributed by atoms with Gasteiger partial charge in [-0.1, -0.05) is 6.07 Å². The van der Waals surface area contributed by atoms with Crippen LogP contribution in [-0.2, 0) is 20.7 Å². The highest BCUT2D eigenvalue weighted by atomic mass is 16.5. The second-order valence-corrected chi connectivity index (χ2v) is 7.43. The number of H-pyrrole nitrogens is 1. The normalized spacial score (nSPS) is 25.3. The van der Waals surface area contributed by atoms with Crippen molar-refractivity contribution >= 4 is 22.7 Å². The third-order valence-corrected chi connectivity index (χ3v) is 5.98. The van der Waals surface area contributed by atoms with E-state index in [9.17, 15) is 9.59 Å². The number of fused-ring (bicyclic) bond motifs is 2. The lowest BCUT2D eigenvalue weighted by atomic mass is 9.73. The lowest BCUT2D eigenvalue weighted by Crippen LogP contribution is -2.49. The summed E-state index contributed by atoms with van der Waals surface area (Å²) in [7, 11) is 1.67. The van der Waals surface area contributed by atoms with Gasteiger partial charge in [0.2, 0.25) is 11.8 Å². The number of ether oxygens (including phenoxy) is 1. The molecule has 1 aromatic heterocycles. The maximum absolute atomic E-state index is 12.8. The van der Waals surface area contributed by atoms with Crippen LogP contribution in [0.15, 0.2) is 30.5 Å². The number of hydrogen-bond donors (Lipinski definition) is 2. The number of rotatable bonds is 4. The molecule has 6 nitrogen and oxygen atoms in total. The van der Waals surface area contributed by atoms with E-state index in [4.69, 9.17) is 4.74 Å². The van der Waals surface area contributed by atoms with Gasteiger partial charge in [-0.25, -0.2) is 0 Å². The van der Waals surface area contributed by atoms with Crippen LogP contribution in [0.3, 0.4) is 0 Å². The molecule has 0 radical (unpaired) electrons. The monoisotopic (exact) mass is 355 g/mol. The molecule has 1 aromatic carbocycles. The number of likely N-dealkylation sites (tertiary alicyclic amines) is 1. The Balaban J connectivity index is 1.42. The molecule has 2 atom stereocenters. The topological polar surface area (TPSA) is 74.4 Å². The molecular weight excluding hydrogens is 330 g/mol. The molecule has 0 unspecified atom stereocenters. The van der Waals surface area contributed by atoms with Gasteiger partial charge in [0, 0.05) is 50.8 Å². The van der Waals surface area contributed by atoms with E-state index in [0.717, 1.165) is 16.5 Å². The Morgan fingerprint density at radius 1 is 1.38 bits per heavy atom. The minimum Gasteiger partial charge on any atom is -0.381 e. The van der Waals surface area contributed by atoms with Gasteiger partial charge in [0.15, 0.2) is 0 Å². The Hall–Kier alpha value is -2.34. The van der Waals surface area contributed by atoms with Crippen LogP contribution >= 0.6 is 0 Å². The van der Waals surface area contributed by atoms with Crippen molar-refractivity contribution in [3.05, 3.63) is 36.0 Å². The van der Waals surface area contributed by atoms with E-state index in [-0.39, 0.29) is 17.7 Å². The number of hydrogen-bond acceptors (Lipinski definition) is 3. The van der Waals surface area contributed by atoms with Crippen LogP contribution in [0, 0.1) is 11.3 Å². The molecule has 4 rings (SSSR count). The summed E-state index contributed by atoms with van der Waals surface area (Å²) in [5.41, 5.74) is 1.79. The van der Waals surface area contributed by atoms with Crippen LogP contribution in [-0.4, -0.2) is 55.0 Å². The SMILES string of the molecule is CNC(=O)[C@]12CCOC[C@H]1CN(C(=O)CCc1ccc3[nH]ccc3c1)C2. The highest BCUT2D eigenvalue weighted by Crippen LogP contribution is 2.42. The summed E-state index contributed by atoms with van der Waals surface area (Å²) in [6.45, 7) is 2.27. The van der Waals surface area contributed by atoms with Crippen molar-refractivity contribution in [3.8, 4) is 0 Å². The average molecular weight is 355 g/mol. The maximum Gasteiger partial charge on any atom is 0.228 e. The number of amides is 2. The second-order valence-electron chi connectivity index (χ2n) is 7.43. The van der Waals surface area contributed by atoms with Gasteiger partial charge in [0.25, 0.3) is 0 Å². The van der Waals surface area contributed by atoms with E-state index in [2.05, 4.69) is 28.5 Å². The van der Waals surface area contributed by atoms with Crippen LogP contribution in [0.2, 0.25) is 0 Å². The Morgan fingerprint density at radius 3 is 3.12 bits per heavy atom. The molecule has 0 spiro atoms. The molecule has 6 heteroatoms. The fraction of sp³-hybridized carbons (Fsp3) is 0.500. The van der Waals surface area contributed by atoms with Crippen molar-refractivity contribution in [1.29, 1.82) is 0 Å². The summed E-state index contributed by atoms with van der Waals surface area (Å²) in [5.74, 6) is 0.257. The number of benzene rings is 1. The number of carbonyl (C=O) groups excluding carboxylic acids is 2.